The molecular formula is C15H20N2O5. The summed E-state index contributed by atoms with van der Waals surface area (Å²) in [7, 11) is 0. The van der Waals surface area contributed by atoms with Gasteiger partial charge in [-0.25, -0.2) is 0 Å². The van der Waals surface area contributed by atoms with Crippen LogP contribution in [0.5, 0.6) is 5.75 Å². The van der Waals surface area contributed by atoms with Crippen LogP contribution in [-0.2, 0) is 16.0 Å². The normalized spacial score (nSPS) is 14.9. The van der Waals surface area contributed by atoms with Crippen LogP contribution in [0.15, 0.2) is 18.2 Å². The molecule has 1 aromatic rings. The van der Waals surface area contributed by atoms with Crippen LogP contribution in [0.2, 0.25) is 0 Å². The molecule has 120 valence electrons. The molecule has 0 bridgehead atoms. The lowest BCUT2D eigenvalue weighted by Crippen LogP contribution is -2.37. The first-order valence-corrected chi connectivity index (χ1v) is 7.16. The number of carboxylic acids is 2. The molecule has 1 aromatic carbocycles. The minimum atomic E-state index is -0.883. The van der Waals surface area contributed by atoms with Gasteiger partial charge >= 0.3 is 11.9 Å². The number of ether oxygens (including phenoxy) is 1. The maximum atomic E-state index is 10.9. The Labute approximate surface area is 128 Å². The van der Waals surface area contributed by atoms with Gasteiger partial charge in [-0.3, -0.25) is 9.59 Å². The van der Waals surface area contributed by atoms with E-state index in [0.29, 0.717) is 31.9 Å². The van der Waals surface area contributed by atoms with Gasteiger partial charge in [0.25, 0.3) is 0 Å². The van der Waals surface area contributed by atoms with Gasteiger partial charge in [0.05, 0.1) is 12.2 Å². The van der Waals surface area contributed by atoms with Gasteiger partial charge in [-0.05, 0) is 37.6 Å². The maximum absolute atomic E-state index is 10.9. The average Bonchev–Trinajstić information content (AvgIpc) is 2.47. The van der Waals surface area contributed by atoms with Crippen molar-refractivity contribution in [3.05, 3.63) is 23.8 Å². The number of rotatable bonds is 7. The molecule has 7 heteroatoms. The summed E-state index contributed by atoms with van der Waals surface area (Å²) in [6, 6.07) is 5.06. The van der Waals surface area contributed by atoms with Gasteiger partial charge in [0.1, 0.15) is 24.9 Å². The molecule has 1 atom stereocenters. The van der Waals surface area contributed by atoms with Gasteiger partial charge in [-0.2, -0.15) is 0 Å². The quantitative estimate of drug-likeness (QED) is 0.677. The molecule has 7 nitrogen and oxygen atoms in total. The maximum Gasteiger partial charge on any atom is 0.323 e. The van der Waals surface area contributed by atoms with Crippen LogP contribution in [0.25, 0.3) is 0 Å². The number of nitrogens with zero attached hydrogens (tertiary/aromatic N) is 1. The molecule has 0 radical (unpaired) electrons. The van der Waals surface area contributed by atoms with E-state index in [4.69, 9.17) is 14.9 Å². The van der Waals surface area contributed by atoms with Crippen molar-refractivity contribution in [3.8, 4) is 5.75 Å². The van der Waals surface area contributed by atoms with Crippen LogP contribution in [0.1, 0.15) is 12.5 Å². The zero-order valence-corrected chi connectivity index (χ0v) is 12.4. The number of hydrogen-bond donors (Lipinski definition) is 3. The Bertz CT molecular complexity index is 561. The zero-order valence-electron chi connectivity index (χ0n) is 12.4. The molecule has 1 heterocycles. The van der Waals surface area contributed by atoms with Gasteiger partial charge in [-0.1, -0.05) is 6.07 Å². The van der Waals surface area contributed by atoms with Crippen LogP contribution in [0.4, 0.5) is 5.69 Å². The molecule has 3 N–H and O–H groups in total. The molecule has 1 aliphatic rings. The molecule has 0 fully saturated rings. The van der Waals surface area contributed by atoms with Gasteiger partial charge in [0.15, 0.2) is 0 Å². The second-order valence-electron chi connectivity index (χ2n) is 5.23. The average molecular weight is 308 g/mol. The fourth-order valence-corrected chi connectivity index (χ4v) is 2.32. The van der Waals surface area contributed by atoms with Crippen LogP contribution >= 0.6 is 0 Å². The van der Waals surface area contributed by atoms with Crippen molar-refractivity contribution in [2.45, 2.75) is 19.4 Å². The number of carbonyl (C=O) groups is 2. The molecule has 22 heavy (non-hydrogen) atoms. The molecule has 0 amide bonds. The van der Waals surface area contributed by atoms with E-state index < -0.39 is 18.0 Å². The number of benzene rings is 1. The fraction of sp³-hybridized carbons (Fsp3) is 0.467. The van der Waals surface area contributed by atoms with E-state index in [1.807, 2.05) is 18.2 Å². The minimum Gasteiger partial charge on any atom is -0.490 e. The first-order chi connectivity index (χ1) is 10.5. The highest BCUT2D eigenvalue weighted by molar-refractivity contribution is 5.76. The summed E-state index contributed by atoms with van der Waals surface area (Å²) in [5.41, 5.74) is 1.78. The van der Waals surface area contributed by atoms with E-state index in [0.717, 1.165) is 11.3 Å². The summed E-state index contributed by atoms with van der Waals surface area (Å²) in [6.45, 7) is 3.08. The first-order valence-electron chi connectivity index (χ1n) is 7.16. The topological polar surface area (TPSA) is 99.1 Å². The summed E-state index contributed by atoms with van der Waals surface area (Å²) in [5.74, 6) is -1.08. The summed E-state index contributed by atoms with van der Waals surface area (Å²) in [4.78, 5) is 23.4. The monoisotopic (exact) mass is 308 g/mol. The molecule has 1 aliphatic heterocycles. The van der Waals surface area contributed by atoms with E-state index in [2.05, 4.69) is 5.32 Å². The van der Waals surface area contributed by atoms with Crippen molar-refractivity contribution in [2.24, 2.45) is 0 Å². The molecule has 2 rings (SSSR count). The largest absolute Gasteiger partial charge is 0.490 e. The standard InChI is InChI=1S/C15H20N2O5/c1-10(15(20)21)16-5-4-11-2-3-13-12(8-11)17(6-7-22-13)9-14(18)19/h2-3,8,10,16H,4-7,9H2,1H3,(H,18,19)(H,20,21). The molecule has 0 spiro atoms. The fourth-order valence-electron chi connectivity index (χ4n) is 2.32. The lowest BCUT2D eigenvalue weighted by Gasteiger charge is -2.30. The highest BCUT2D eigenvalue weighted by Gasteiger charge is 2.20. The van der Waals surface area contributed by atoms with Crippen molar-refractivity contribution >= 4 is 17.6 Å². The molecule has 0 saturated heterocycles. The Morgan fingerprint density at radius 1 is 1.41 bits per heavy atom. The lowest BCUT2D eigenvalue weighted by molar-refractivity contribution is -0.139. The highest BCUT2D eigenvalue weighted by atomic mass is 16.5. The van der Waals surface area contributed by atoms with Crippen molar-refractivity contribution < 1.29 is 24.5 Å². The van der Waals surface area contributed by atoms with E-state index >= 15 is 0 Å². The molecule has 0 saturated carbocycles. The second kappa shape index (κ2) is 7.13. The lowest BCUT2D eigenvalue weighted by atomic mass is 10.1. The third kappa shape index (κ3) is 4.11. The number of carboxylic acid groups (broad SMARTS) is 2. The van der Waals surface area contributed by atoms with Crippen molar-refractivity contribution in [3.63, 3.8) is 0 Å². The Morgan fingerprint density at radius 2 is 2.18 bits per heavy atom. The predicted molar refractivity (Wildman–Crippen MR) is 80.6 cm³/mol. The van der Waals surface area contributed by atoms with Crippen LogP contribution in [0.3, 0.4) is 0 Å². The Kier molecular flexibility index (Phi) is 5.21. The highest BCUT2D eigenvalue weighted by Crippen LogP contribution is 2.32. The van der Waals surface area contributed by atoms with E-state index in [1.165, 1.54) is 0 Å². The van der Waals surface area contributed by atoms with Gasteiger partial charge in [0.2, 0.25) is 0 Å². The smallest absolute Gasteiger partial charge is 0.323 e. The van der Waals surface area contributed by atoms with Crippen molar-refractivity contribution in [1.29, 1.82) is 0 Å². The molecular weight excluding hydrogens is 288 g/mol. The predicted octanol–water partition coefficient (Wildman–Crippen LogP) is 0.575. The Hall–Kier alpha value is -2.28. The van der Waals surface area contributed by atoms with E-state index in [-0.39, 0.29) is 6.54 Å². The second-order valence-corrected chi connectivity index (χ2v) is 5.23. The number of nitrogens with one attached hydrogen (secondary N) is 1. The summed E-state index contributed by atoms with van der Waals surface area (Å²) < 4.78 is 5.54. The van der Waals surface area contributed by atoms with E-state index in [1.54, 1.807) is 11.8 Å². The summed E-state index contributed by atoms with van der Waals surface area (Å²) in [5, 5.41) is 20.7. The third-order valence-electron chi connectivity index (χ3n) is 3.54. The molecule has 1 unspecified atom stereocenters. The Balaban J connectivity index is 2.02. The zero-order chi connectivity index (χ0) is 16.1. The SMILES string of the molecule is CC(NCCc1ccc2c(c1)N(CC(=O)O)CCO2)C(=O)O. The molecule has 0 aromatic heterocycles. The molecule has 0 aliphatic carbocycles. The van der Waals surface area contributed by atoms with Crippen LogP contribution in [-0.4, -0.2) is 54.4 Å². The number of hydrogen-bond acceptors (Lipinski definition) is 5. The van der Waals surface area contributed by atoms with Crippen LogP contribution < -0.4 is 15.0 Å². The summed E-state index contributed by atoms with van der Waals surface area (Å²) >= 11 is 0. The van der Waals surface area contributed by atoms with Gasteiger partial charge in [0, 0.05) is 0 Å². The van der Waals surface area contributed by atoms with Gasteiger partial charge in [-0.15, -0.1) is 0 Å². The minimum absolute atomic E-state index is 0.0614. The van der Waals surface area contributed by atoms with Gasteiger partial charge < -0.3 is 25.2 Å². The van der Waals surface area contributed by atoms with Crippen LogP contribution in [0, 0.1) is 0 Å². The number of fused-ring (bicyclic) bond motifs is 1. The Morgan fingerprint density at radius 3 is 2.86 bits per heavy atom. The number of aliphatic carboxylic acids is 2. The summed E-state index contributed by atoms with van der Waals surface area (Å²) in [6.07, 6.45) is 0.659. The first kappa shape index (κ1) is 16.1. The number of anilines is 1. The third-order valence-corrected chi connectivity index (χ3v) is 3.54. The van der Waals surface area contributed by atoms with E-state index in [9.17, 15) is 9.59 Å². The van der Waals surface area contributed by atoms with Crippen molar-refractivity contribution in [1.82, 2.24) is 5.32 Å². The van der Waals surface area contributed by atoms with Crippen molar-refractivity contribution in [2.75, 3.05) is 31.1 Å².